The number of hydrogen-bond donors (Lipinski definition) is 2. The second kappa shape index (κ2) is 11.4. The van der Waals surface area contributed by atoms with Crippen molar-refractivity contribution in [3.63, 3.8) is 0 Å². The molecule has 0 radical (unpaired) electrons. The molecule has 0 saturated carbocycles. The van der Waals surface area contributed by atoms with Crippen LogP contribution in [-0.4, -0.2) is 34.5 Å². The zero-order chi connectivity index (χ0) is 25.5. The van der Waals surface area contributed by atoms with Crippen LogP contribution >= 0.6 is 0 Å². The smallest absolute Gasteiger partial charge is 0.408 e. The molecule has 3 amide bonds. The first-order valence-electron chi connectivity index (χ1n) is 11.1. The Labute approximate surface area is 201 Å². The maximum atomic E-state index is 13.3. The third kappa shape index (κ3) is 7.38. The fourth-order valence-corrected chi connectivity index (χ4v) is 3.25. The van der Waals surface area contributed by atoms with E-state index in [1.807, 2.05) is 56.3 Å². The van der Waals surface area contributed by atoms with Gasteiger partial charge in [0.1, 0.15) is 17.7 Å². The lowest BCUT2D eigenvalue weighted by molar-refractivity contribution is -0.138. The van der Waals surface area contributed by atoms with Crippen LogP contribution in [0.15, 0.2) is 48.5 Å². The molecule has 0 aromatic heterocycles. The van der Waals surface area contributed by atoms with Crippen molar-refractivity contribution >= 4 is 17.9 Å². The van der Waals surface area contributed by atoms with Gasteiger partial charge < -0.3 is 15.4 Å². The van der Waals surface area contributed by atoms with Crippen LogP contribution in [0.5, 0.6) is 0 Å². The van der Waals surface area contributed by atoms with Gasteiger partial charge >= 0.3 is 6.09 Å². The van der Waals surface area contributed by atoms with Gasteiger partial charge in [0.05, 0.1) is 0 Å². The third-order valence-electron chi connectivity index (χ3n) is 5.14. The topological polar surface area (TPSA) is 87.7 Å². The molecule has 2 aromatic rings. The van der Waals surface area contributed by atoms with Gasteiger partial charge in [-0.3, -0.25) is 14.5 Å². The Balaban J connectivity index is 2.31. The van der Waals surface area contributed by atoms with Crippen LogP contribution in [0.3, 0.4) is 0 Å². The summed E-state index contributed by atoms with van der Waals surface area (Å²) in [5.74, 6) is -1.03. The highest BCUT2D eigenvalue weighted by Crippen LogP contribution is 2.24. The maximum Gasteiger partial charge on any atom is 0.408 e. The normalized spacial score (nSPS) is 12.6. The number of carbonyl (C=O) groups is 3. The van der Waals surface area contributed by atoms with Crippen molar-refractivity contribution in [1.29, 1.82) is 0 Å². The highest BCUT2D eigenvalue weighted by atomic mass is 16.6. The molecule has 0 aliphatic carbocycles. The van der Waals surface area contributed by atoms with E-state index in [-0.39, 0.29) is 6.54 Å². The van der Waals surface area contributed by atoms with Crippen LogP contribution in [0.2, 0.25) is 0 Å². The molecule has 2 aromatic carbocycles. The van der Waals surface area contributed by atoms with E-state index in [1.54, 1.807) is 26.8 Å². The number of alkyl carbamates (subject to hydrolysis) is 1. The van der Waals surface area contributed by atoms with E-state index in [0.29, 0.717) is 5.56 Å². The number of amides is 3. The molecule has 0 saturated heterocycles. The maximum absolute atomic E-state index is 13.3. The minimum atomic E-state index is -1.08. The van der Waals surface area contributed by atoms with E-state index < -0.39 is 35.6 Å². The Morgan fingerprint density at radius 3 is 2.26 bits per heavy atom. The summed E-state index contributed by atoms with van der Waals surface area (Å²) >= 11 is 0. The molecule has 2 rings (SSSR count). The fourth-order valence-electron chi connectivity index (χ4n) is 3.25. The summed E-state index contributed by atoms with van der Waals surface area (Å²) in [7, 11) is 0. The van der Waals surface area contributed by atoms with Crippen LogP contribution < -0.4 is 10.6 Å². The highest BCUT2D eigenvalue weighted by molar-refractivity contribution is 5.93. The Kier molecular flexibility index (Phi) is 8.85. The summed E-state index contributed by atoms with van der Waals surface area (Å²) in [5.41, 5.74) is 2.77. The molecular weight excluding hydrogens is 430 g/mol. The summed E-state index contributed by atoms with van der Waals surface area (Å²) in [5, 5.41) is 5.37. The van der Waals surface area contributed by atoms with E-state index in [0.717, 1.165) is 21.6 Å². The lowest BCUT2D eigenvalue weighted by Crippen LogP contribution is -2.50. The molecule has 34 heavy (non-hydrogen) atoms. The minimum Gasteiger partial charge on any atom is -0.444 e. The molecule has 7 nitrogen and oxygen atoms in total. The van der Waals surface area contributed by atoms with Crippen molar-refractivity contribution < 1.29 is 19.1 Å². The molecule has 2 atom stereocenters. The van der Waals surface area contributed by atoms with Crippen LogP contribution in [0.4, 0.5) is 4.79 Å². The number of nitrogens with one attached hydrogen (secondary N) is 2. The molecule has 0 aliphatic rings. The number of nitrogens with zero attached hydrogens (tertiary/aromatic N) is 1. The molecule has 0 fully saturated rings. The fraction of sp³-hybridized carbons (Fsp3) is 0.370. The molecule has 0 spiro atoms. The van der Waals surface area contributed by atoms with Crippen LogP contribution in [-0.2, 0) is 20.9 Å². The number of benzene rings is 2. The quantitative estimate of drug-likeness (QED) is 0.480. The van der Waals surface area contributed by atoms with Gasteiger partial charge in [-0.25, -0.2) is 4.79 Å². The summed E-state index contributed by atoms with van der Waals surface area (Å²) in [6.07, 6.45) is 4.98. The number of aryl methyl sites for hydroxylation is 2. The SMILES string of the molecule is C#CN(C(=O)C(C)NC(=O)OC(C)(C)C)C(C(=O)NCc1ccccc1)c1ccc(C)c(C)c1. The van der Waals surface area contributed by atoms with E-state index in [9.17, 15) is 14.4 Å². The van der Waals surface area contributed by atoms with E-state index in [2.05, 4.69) is 16.7 Å². The van der Waals surface area contributed by atoms with Gasteiger partial charge in [0.25, 0.3) is 5.91 Å². The predicted octanol–water partition coefficient (Wildman–Crippen LogP) is 3.99. The van der Waals surface area contributed by atoms with Gasteiger partial charge in [-0.15, -0.1) is 0 Å². The van der Waals surface area contributed by atoms with Crippen molar-refractivity contribution in [2.75, 3.05) is 0 Å². The first-order valence-corrected chi connectivity index (χ1v) is 11.1. The summed E-state index contributed by atoms with van der Waals surface area (Å²) < 4.78 is 5.23. The number of ether oxygens (including phenoxy) is 1. The molecule has 7 heteroatoms. The second-order valence-electron chi connectivity index (χ2n) is 9.15. The third-order valence-corrected chi connectivity index (χ3v) is 5.14. The van der Waals surface area contributed by atoms with Crippen LogP contribution in [0.25, 0.3) is 0 Å². The van der Waals surface area contributed by atoms with Crippen LogP contribution in [0, 0.1) is 26.3 Å². The van der Waals surface area contributed by atoms with Crippen molar-refractivity contribution in [3.05, 3.63) is 70.8 Å². The van der Waals surface area contributed by atoms with Crippen molar-refractivity contribution in [1.82, 2.24) is 15.5 Å². The molecule has 0 aliphatic heterocycles. The average molecular weight is 464 g/mol. The predicted molar refractivity (Wildman–Crippen MR) is 131 cm³/mol. The first-order chi connectivity index (χ1) is 15.9. The monoisotopic (exact) mass is 463 g/mol. The summed E-state index contributed by atoms with van der Waals surface area (Å²) in [6.45, 7) is 10.8. The first kappa shape index (κ1) is 26.5. The summed E-state index contributed by atoms with van der Waals surface area (Å²) in [4.78, 5) is 39.8. The zero-order valence-electron chi connectivity index (χ0n) is 20.6. The Bertz CT molecular complexity index is 1070. The van der Waals surface area contributed by atoms with Crippen molar-refractivity contribution in [3.8, 4) is 12.5 Å². The van der Waals surface area contributed by atoms with E-state index >= 15 is 0 Å². The van der Waals surface area contributed by atoms with Crippen molar-refractivity contribution in [2.45, 2.75) is 65.8 Å². The zero-order valence-corrected chi connectivity index (χ0v) is 20.6. The minimum absolute atomic E-state index is 0.277. The molecule has 2 N–H and O–H groups in total. The van der Waals surface area contributed by atoms with Gasteiger partial charge in [0, 0.05) is 12.6 Å². The highest BCUT2D eigenvalue weighted by Gasteiger charge is 2.34. The molecule has 0 heterocycles. The Morgan fingerprint density at radius 1 is 1.06 bits per heavy atom. The molecule has 2 unspecified atom stereocenters. The standard InChI is InChI=1S/C27H33N3O4/c1-8-30(25(32)20(4)29-26(33)34-27(5,6)7)23(22-15-14-18(2)19(3)16-22)24(31)28-17-21-12-10-9-11-13-21/h1,9-16,20,23H,17H2,2-7H3,(H,28,31)(H,29,33). The van der Waals surface area contributed by atoms with Gasteiger partial charge in [-0.05, 0) is 63.8 Å². The van der Waals surface area contributed by atoms with Gasteiger partial charge in [-0.2, -0.15) is 0 Å². The van der Waals surface area contributed by atoms with Crippen molar-refractivity contribution in [2.24, 2.45) is 0 Å². The van der Waals surface area contributed by atoms with E-state index in [1.165, 1.54) is 6.92 Å². The largest absolute Gasteiger partial charge is 0.444 e. The molecule has 0 bridgehead atoms. The van der Waals surface area contributed by atoms with Gasteiger partial charge in [-0.1, -0.05) is 55.0 Å². The number of hydrogen-bond acceptors (Lipinski definition) is 4. The number of carbonyl (C=O) groups excluding carboxylic acids is 3. The number of rotatable bonds is 7. The van der Waals surface area contributed by atoms with E-state index in [4.69, 9.17) is 11.2 Å². The van der Waals surface area contributed by atoms with Crippen LogP contribution in [0.1, 0.15) is 56.0 Å². The van der Waals surface area contributed by atoms with Gasteiger partial charge in [0.2, 0.25) is 5.91 Å². The molecular formula is C27H33N3O4. The second-order valence-corrected chi connectivity index (χ2v) is 9.15. The Morgan fingerprint density at radius 2 is 1.71 bits per heavy atom. The lowest BCUT2D eigenvalue weighted by Gasteiger charge is -2.29. The Hall–Kier alpha value is -3.79. The lowest BCUT2D eigenvalue weighted by atomic mass is 9.98. The average Bonchev–Trinajstić information content (AvgIpc) is 2.76. The summed E-state index contributed by atoms with van der Waals surface area (Å²) in [6, 6.07) is 15.2. The molecule has 180 valence electrons. The number of terminal acetylenes is 1. The van der Waals surface area contributed by atoms with Gasteiger partial charge in [0.15, 0.2) is 0 Å².